The first-order chi connectivity index (χ1) is 14.2. The van der Waals surface area contributed by atoms with Gasteiger partial charge in [-0.15, -0.1) is 0 Å². The number of para-hydroxylation sites is 1. The van der Waals surface area contributed by atoms with Crippen molar-refractivity contribution < 1.29 is 4.79 Å². The minimum atomic E-state index is -0.154. The van der Waals surface area contributed by atoms with Gasteiger partial charge in [0.15, 0.2) is 0 Å². The SMILES string of the molecule is O=C(C1CCCCC1)N(CCc1ccccc1)Cc1nc2ccccc2c(=O)[nH]1. The molecule has 1 aromatic heterocycles. The monoisotopic (exact) mass is 389 g/mol. The zero-order valence-electron chi connectivity index (χ0n) is 16.6. The minimum absolute atomic E-state index is 0.0895. The second-order valence-electron chi connectivity index (χ2n) is 7.86. The fraction of sp³-hybridized carbons (Fsp3) is 0.375. The van der Waals surface area contributed by atoms with E-state index in [1.807, 2.05) is 41.3 Å². The van der Waals surface area contributed by atoms with Crippen molar-refractivity contribution in [1.82, 2.24) is 14.9 Å². The summed E-state index contributed by atoms with van der Waals surface area (Å²) in [7, 11) is 0. The lowest BCUT2D eigenvalue weighted by Crippen LogP contribution is -2.38. The molecule has 2 aromatic carbocycles. The number of nitrogens with one attached hydrogen (secondary N) is 1. The van der Waals surface area contributed by atoms with Crippen LogP contribution >= 0.6 is 0 Å². The van der Waals surface area contributed by atoms with Crippen molar-refractivity contribution in [3.05, 3.63) is 76.3 Å². The van der Waals surface area contributed by atoms with Crippen LogP contribution < -0.4 is 5.56 Å². The molecule has 0 unspecified atom stereocenters. The van der Waals surface area contributed by atoms with E-state index >= 15 is 0 Å². The van der Waals surface area contributed by atoms with Crippen molar-refractivity contribution in [1.29, 1.82) is 0 Å². The van der Waals surface area contributed by atoms with Crippen LogP contribution in [0.2, 0.25) is 0 Å². The largest absolute Gasteiger partial charge is 0.335 e. The van der Waals surface area contributed by atoms with Crippen LogP contribution in [0.15, 0.2) is 59.4 Å². The van der Waals surface area contributed by atoms with E-state index in [-0.39, 0.29) is 17.4 Å². The second-order valence-corrected chi connectivity index (χ2v) is 7.86. The fourth-order valence-electron chi connectivity index (χ4n) is 4.17. The number of rotatable bonds is 6. The van der Waals surface area contributed by atoms with Crippen molar-refractivity contribution in [3.8, 4) is 0 Å². The Bertz CT molecular complexity index is 1020. The summed E-state index contributed by atoms with van der Waals surface area (Å²) in [6, 6.07) is 17.5. The maximum Gasteiger partial charge on any atom is 0.258 e. The van der Waals surface area contributed by atoms with E-state index in [0.29, 0.717) is 29.8 Å². The van der Waals surface area contributed by atoms with Crippen molar-refractivity contribution in [3.63, 3.8) is 0 Å². The molecule has 5 nitrogen and oxygen atoms in total. The van der Waals surface area contributed by atoms with E-state index in [9.17, 15) is 9.59 Å². The summed E-state index contributed by atoms with van der Waals surface area (Å²) < 4.78 is 0. The molecule has 150 valence electrons. The number of hydrogen-bond donors (Lipinski definition) is 1. The van der Waals surface area contributed by atoms with Crippen molar-refractivity contribution in [2.45, 2.75) is 45.1 Å². The summed E-state index contributed by atoms with van der Waals surface area (Å²) in [5.74, 6) is 0.828. The summed E-state index contributed by atoms with van der Waals surface area (Å²) in [5, 5.41) is 0.575. The van der Waals surface area contributed by atoms with Crippen LogP contribution in [0.4, 0.5) is 0 Å². The van der Waals surface area contributed by atoms with E-state index in [2.05, 4.69) is 22.1 Å². The molecule has 3 aromatic rings. The number of hydrogen-bond acceptors (Lipinski definition) is 3. The Morgan fingerprint density at radius 1 is 1.00 bits per heavy atom. The predicted molar refractivity (Wildman–Crippen MR) is 115 cm³/mol. The Morgan fingerprint density at radius 2 is 1.72 bits per heavy atom. The molecule has 1 aliphatic carbocycles. The number of nitrogens with zero attached hydrogens (tertiary/aromatic N) is 2. The van der Waals surface area contributed by atoms with Crippen molar-refractivity contribution >= 4 is 16.8 Å². The summed E-state index contributed by atoms with van der Waals surface area (Å²) >= 11 is 0. The predicted octanol–water partition coefficient (Wildman–Crippen LogP) is 4.07. The first-order valence-corrected chi connectivity index (χ1v) is 10.5. The van der Waals surface area contributed by atoms with Gasteiger partial charge in [-0.05, 0) is 37.0 Å². The molecule has 0 atom stereocenters. The summed E-state index contributed by atoms with van der Waals surface area (Å²) in [5.41, 5.74) is 1.71. The van der Waals surface area contributed by atoms with Crippen LogP contribution in [0, 0.1) is 5.92 Å². The average Bonchev–Trinajstić information content (AvgIpc) is 2.77. The van der Waals surface area contributed by atoms with Gasteiger partial charge in [-0.25, -0.2) is 4.98 Å². The van der Waals surface area contributed by atoms with Gasteiger partial charge in [0, 0.05) is 12.5 Å². The van der Waals surface area contributed by atoms with Crippen LogP contribution in [-0.2, 0) is 17.8 Å². The number of carbonyl (C=O) groups excluding carboxylic acids is 1. The molecule has 1 saturated carbocycles. The Hall–Kier alpha value is -2.95. The summed E-state index contributed by atoms with van der Waals surface area (Å²) in [4.78, 5) is 35.1. The number of benzene rings is 2. The highest BCUT2D eigenvalue weighted by atomic mass is 16.2. The van der Waals surface area contributed by atoms with E-state index in [4.69, 9.17) is 0 Å². The lowest BCUT2D eigenvalue weighted by molar-refractivity contribution is -0.137. The topological polar surface area (TPSA) is 66.1 Å². The Kier molecular flexibility index (Phi) is 6.03. The van der Waals surface area contributed by atoms with Gasteiger partial charge in [-0.3, -0.25) is 9.59 Å². The second kappa shape index (κ2) is 9.03. The maximum absolute atomic E-state index is 13.3. The highest BCUT2D eigenvalue weighted by Crippen LogP contribution is 2.26. The molecule has 1 aliphatic rings. The Morgan fingerprint density at radius 3 is 2.52 bits per heavy atom. The third-order valence-corrected chi connectivity index (χ3v) is 5.78. The molecule has 1 fully saturated rings. The third kappa shape index (κ3) is 4.73. The normalized spacial score (nSPS) is 14.8. The summed E-state index contributed by atoms with van der Waals surface area (Å²) in [6.07, 6.45) is 6.16. The Labute approximate surface area is 170 Å². The quantitative estimate of drug-likeness (QED) is 0.691. The molecule has 0 saturated heterocycles. The van der Waals surface area contributed by atoms with E-state index < -0.39 is 0 Å². The molecule has 5 heteroatoms. The van der Waals surface area contributed by atoms with Crippen LogP contribution in [-0.4, -0.2) is 27.3 Å². The Balaban J connectivity index is 1.57. The van der Waals surface area contributed by atoms with Gasteiger partial charge in [0.25, 0.3) is 5.56 Å². The van der Waals surface area contributed by atoms with Crippen LogP contribution in [0.1, 0.15) is 43.5 Å². The maximum atomic E-state index is 13.3. The summed E-state index contributed by atoms with van der Waals surface area (Å²) in [6.45, 7) is 0.956. The number of aromatic nitrogens is 2. The number of amides is 1. The molecule has 0 aliphatic heterocycles. The van der Waals surface area contributed by atoms with Gasteiger partial charge >= 0.3 is 0 Å². The number of aromatic amines is 1. The van der Waals surface area contributed by atoms with E-state index in [0.717, 1.165) is 32.1 Å². The van der Waals surface area contributed by atoms with Crippen molar-refractivity contribution in [2.24, 2.45) is 5.92 Å². The molecule has 1 N–H and O–H groups in total. The first-order valence-electron chi connectivity index (χ1n) is 10.5. The standard InChI is InChI=1S/C24H27N3O2/c28-23-20-13-7-8-14-21(20)25-22(26-23)17-27(16-15-18-9-3-1-4-10-18)24(29)19-11-5-2-6-12-19/h1,3-4,7-10,13-14,19H,2,5-6,11-12,15-17H2,(H,25,26,28). The molecule has 0 radical (unpaired) electrons. The molecule has 0 bridgehead atoms. The van der Waals surface area contributed by atoms with Crippen LogP contribution in [0.25, 0.3) is 10.9 Å². The molecular weight excluding hydrogens is 362 g/mol. The lowest BCUT2D eigenvalue weighted by Gasteiger charge is -2.29. The lowest BCUT2D eigenvalue weighted by atomic mass is 9.88. The van der Waals surface area contributed by atoms with Crippen LogP contribution in [0.3, 0.4) is 0 Å². The van der Waals surface area contributed by atoms with E-state index in [1.165, 1.54) is 12.0 Å². The first kappa shape index (κ1) is 19.4. The average molecular weight is 389 g/mol. The zero-order chi connectivity index (χ0) is 20.1. The molecule has 1 heterocycles. The van der Waals surface area contributed by atoms with Gasteiger partial charge in [-0.2, -0.15) is 0 Å². The molecular formula is C24H27N3O2. The fourth-order valence-corrected chi connectivity index (χ4v) is 4.17. The number of carbonyl (C=O) groups is 1. The van der Waals surface area contributed by atoms with Gasteiger partial charge in [0.1, 0.15) is 5.82 Å². The zero-order valence-corrected chi connectivity index (χ0v) is 16.6. The van der Waals surface area contributed by atoms with Gasteiger partial charge in [-0.1, -0.05) is 61.7 Å². The smallest absolute Gasteiger partial charge is 0.258 e. The van der Waals surface area contributed by atoms with Gasteiger partial charge in [0.05, 0.1) is 17.4 Å². The van der Waals surface area contributed by atoms with Crippen molar-refractivity contribution in [2.75, 3.05) is 6.54 Å². The van der Waals surface area contributed by atoms with E-state index in [1.54, 1.807) is 6.07 Å². The van der Waals surface area contributed by atoms with Gasteiger partial charge < -0.3 is 9.88 Å². The minimum Gasteiger partial charge on any atom is -0.335 e. The number of fused-ring (bicyclic) bond motifs is 1. The van der Waals surface area contributed by atoms with Crippen LogP contribution in [0.5, 0.6) is 0 Å². The molecule has 1 amide bonds. The highest BCUT2D eigenvalue weighted by Gasteiger charge is 2.26. The number of H-pyrrole nitrogens is 1. The van der Waals surface area contributed by atoms with Gasteiger partial charge in [0.2, 0.25) is 5.91 Å². The molecule has 4 rings (SSSR count). The molecule has 0 spiro atoms. The highest BCUT2D eigenvalue weighted by molar-refractivity contribution is 5.79. The third-order valence-electron chi connectivity index (χ3n) is 5.78. The molecule has 29 heavy (non-hydrogen) atoms.